The van der Waals surface area contributed by atoms with Crippen LogP contribution in [0.2, 0.25) is 0 Å². The van der Waals surface area contributed by atoms with Gasteiger partial charge in [0.05, 0.1) is 11.2 Å². The molecule has 3 nitrogen and oxygen atoms in total. The minimum absolute atomic E-state index is 0.0985. The van der Waals surface area contributed by atoms with Crippen molar-refractivity contribution in [2.45, 2.75) is 39.7 Å². The molecule has 0 aliphatic rings. The van der Waals surface area contributed by atoms with Crippen LogP contribution in [0.1, 0.15) is 32.9 Å². The van der Waals surface area contributed by atoms with Crippen LogP contribution < -0.4 is 0 Å². The van der Waals surface area contributed by atoms with Gasteiger partial charge in [-0.2, -0.15) is 0 Å². The van der Waals surface area contributed by atoms with Crippen LogP contribution in [0.25, 0.3) is 0 Å². The van der Waals surface area contributed by atoms with Gasteiger partial charge >= 0.3 is 0 Å². The molecule has 62 valence electrons. The Morgan fingerprint density at radius 3 is 2.55 bits per heavy atom. The number of rotatable bonds is 2. The summed E-state index contributed by atoms with van der Waals surface area (Å²) in [5.74, 6) is 0. The molecule has 0 aliphatic heterocycles. The Morgan fingerprint density at radius 2 is 2.18 bits per heavy atom. The molecule has 1 heterocycles. The Balaban J connectivity index is 2.92. The molecule has 0 saturated heterocycles. The molecule has 1 rings (SSSR count). The van der Waals surface area contributed by atoms with Gasteiger partial charge in [0, 0.05) is 6.20 Å². The summed E-state index contributed by atoms with van der Waals surface area (Å²) in [6.45, 7) is 8.41. The molecule has 0 saturated carbocycles. The van der Waals surface area contributed by atoms with E-state index in [4.69, 9.17) is 0 Å². The van der Waals surface area contributed by atoms with Crippen molar-refractivity contribution in [2.24, 2.45) is 0 Å². The zero-order valence-electron chi connectivity index (χ0n) is 7.63. The molecule has 0 aliphatic carbocycles. The van der Waals surface area contributed by atoms with Gasteiger partial charge in [-0.3, -0.25) is 0 Å². The summed E-state index contributed by atoms with van der Waals surface area (Å²) in [6, 6.07) is 0. The predicted molar refractivity (Wildman–Crippen MR) is 44.4 cm³/mol. The predicted octanol–water partition coefficient (Wildman–Crippen LogP) is 1.73. The molecule has 0 N–H and O–H groups in total. The van der Waals surface area contributed by atoms with Crippen LogP contribution in [0.3, 0.4) is 0 Å². The molecule has 3 heteroatoms. The second-order valence-corrected chi connectivity index (χ2v) is 3.47. The van der Waals surface area contributed by atoms with Crippen LogP contribution >= 0.6 is 0 Å². The van der Waals surface area contributed by atoms with Crippen molar-refractivity contribution >= 4 is 0 Å². The summed E-state index contributed by atoms with van der Waals surface area (Å²) in [6.07, 6.45) is 3.04. The van der Waals surface area contributed by atoms with Crippen molar-refractivity contribution in [2.75, 3.05) is 0 Å². The molecule has 0 unspecified atom stereocenters. The van der Waals surface area contributed by atoms with Gasteiger partial charge in [-0.05, 0) is 27.2 Å². The van der Waals surface area contributed by atoms with Gasteiger partial charge in [-0.15, -0.1) is 5.10 Å². The zero-order valence-corrected chi connectivity index (χ0v) is 7.63. The van der Waals surface area contributed by atoms with Gasteiger partial charge < -0.3 is 0 Å². The van der Waals surface area contributed by atoms with Gasteiger partial charge in [0.1, 0.15) is 0 Å². The Bertz CT molecular complexity index is 237. The molecule has 11 heavy (non-hydrogen) atoms. The van der Waals surface area contributed by atoms with Crippen molar-refractivity contribution in [3.8, 4) is 0 Å². The van der Waals surface area contributed by atoms with Crippen LogP contribution in [0.4, 0.5) is 0 Å². The lowest BCUT2D eigenvalue weighted by atomic mass is 10.0. The first kappa shape index (κ1) is 8.24. The third kappa shape index (κ3) is 1.59. The fourth-order valence-electron chi connectivity index (χ4n) is 0.805. The Morgan fingerprint density at radius 1 is 1.55 bits per heavy atom. The van der Waals surface area contributed by atoms with Crippen LogP contribution in [0.15, 0.2) is 6.20 Å². The van der Waals surface area contributed by atoms with E-state index in [2.05, 4.69) is 31.1 Å². The van der Waals surface area contributed by atoms with Gasteiger partial charge in [0.15, 0.2) is 0 Å². The number of aryl methyl sites for hydroxylation is 1. The highest BCUT2D eigenvalue weighted by molar-refractivity contribution is 4.90. The number of nitrogens with zero attached hydrogens (tertiary/aromatic N) is 3. The highest BCUT2D eigenvalue weighted by atomic mass is 15.4. The van der Waals surface area contributed by atoms with E-state index in [1.165, 1.54) is 0 Å². The molecular formula is C8H15N3. The van der Waals surface area contributed by atoms with Crippen LogP contribution in [-0.2, 0) is 5.54 Å². The summed E-state index contributed by atoms with van der Waals surface area (Å²) in [4.78, 5) is 0. The maximum atomic E-state index is 4.02. The fraction of sp³-hybridized carbons (Fsp3) is 0.750. The summed E-state index contributed by atoms with van der Waals surface area (Å²) < 4.78 is 1.92. The minimum atomic E-state index is 0.0985. The number of hydrogen-bond acceptors (Lipinski definition) is 2. The molecule has 0 amide bonds. The third-order valence-electron chi connectivity index (χ3n) is 2.09. The SMILES string of the molecule is CCC(C)(C)n1cc(C)nn1. The normalized spacial score (nSPS) is 12.0. The van der Waals surface area contributed by atoms with Crippen molar-refractivity contribution in [3.63, 3.8) is 0 Å². The lowest BCUT2D eigenvalue weighted by molar-refractivity contribution is 0.301. The Hall–Kier alpha value is -0.860. The van der Waals surface area contributed by atoms with E-state index >= 15 is 0 Å². The van der Waals surface area contributed by atoms with E-state index in [1.54, 1.807) is 0 Å². The van der Waals surface area contributed by atoms with Gasteiger partial charge in [-0.25, -0.2) is 4.68 Å². The summed E-state index contributed by atoms with van der Waals surface area (Å²) in [5, 5.41) is 7.97. The largest absolute Gasteiger partial charge is 0.247 e. The van der Waals surface area contributed by atoms with Crippen molar-refractivity contribution < 1.29 is 0 Å². The van der Waals surface area contributed by atoms with Crippen molar-refractivity contribution in [1.82, 2.24) is 15.0 Å². The van der Waals surface area contributed by atoms with E-state index < -0.39 is 0 Å². The first-order valence-electron chi connectivity index (χ1n) is 3.95. The number of aromatic nitrogens is 3. The van der Waals surface area contributed by atoms with E-state index in [0.717, 1.165) is 12.1 Å². The number of hydrogen-bond donors (Lipinski definition) is 0. The quantitative estimate of drug-likeness (QED) is 0.647. The summed E-state index contributed by atoms with van der Waals surface area (Å²) in [5.41, 5.74) is 1.08. The molecule has 0 fully saturated rings. The van der Waals surface area contributed by atoms with E-state index in [1.807, 2.05) is 17.8 Å². The van der Waals surface area contributed by atoms with Gasteiger partial charge in [0.25, 0.3) is 0 Å². The first-order valence-corrected chi connectivity index (χ1v) is 3.95. The van der Waals surface area contributed by atoms with Gasteiger partial charge in [-0.1, -0.05) is 12.1 Å². The molecule has 0 aromatic carbocycles. The lowest BCUT2D eigenvalue weighted by Gasteiger charge is -2.21. The van der Waals surface area contributed by atoms with Crippen LogP contribution in [0, 0.1) is 6.92 Å². The summed E-state index contributed by atoms with van der Waals surface area (Å²) in [7, 11) is 0. The highest BCUT2D eigenvalue weighted by Crippen LogP contribution is 2.17. The molecule has 0 spiro atoms. The minimum Gasteiger partial charge on any atom is -0.247 e. The maximum absolute atomic E-state index is 4.02. The molecule has 1 aromatic heterocycles. The highest BCUT2D eigenvalue weighted by Gasteiger charge is 2.18. The van der Waals surface area contributed by atoms with E-state index in [-0.39, 0.29) is 5.54 Å². The average Bonchev–Trinajstić information content (AvgIpc) is 2.36. The standard InChI is InChI=1S/C8H15N3/c1-5-8(3,4)11-6-7(2)9-10-11/h6H,5H2,1-4H3. The molecule has 0 atom stereocenters. The molecular weight excluding hydrogens is 138 g/mol. The second-order valence-electron chi connectivity index (χ2n) is 3.47. The molecule has 0 bridgehead atoms. The first-order chi connectivity index (χ1) is 5.06. The maximum Gasteiger partial charge on any atom is 0.0796 e. The van der Waals surface area contributed by atoms with Crippen LogP contribution in [-0.4, -0.2) is 15.0 Å². The average molecular weight is 153 g/mol. The zero-order chi connectivity index (χ0) is 8.48. The van der Waals surface area contributed by atoms with E-state index in [0.29, 0.717) is 0 Å². The van der Waals surface area contributed by atoms with Crippen molar-refractivity contribution in [1.29, 1.82) is 0 Å². The Kier molecular flexibility index (Phi) is 1.98. The fourth-order valence-corrected chi connectivity index (χ4v) is 0.805. The molecule has 1 aromatic rings. The lowest BCUT2D eigenvalue weighted by Crippen LogP contribution is -2.25. The van der Waals surface area contributed by atoms with E-state index in [9.17, 15) is 0 Å². The smallest absolute Gasteiger partial charge is 0.0796 e. The topological polar surface area (TPSA) is 30.7 Å². The molecule has 0 radical (unpaired) electrons. The van der Waals surface area contributed by atoms with Gasteiger partial charge in [0.2, 0.25) is 0 Å². The Labute approximate surface area is 67.4 Å². The van der Waals surface area contributed by atoms with Crippen LogP contribution in [0.5, 0.6) is 0 Å². The second kappa shape index (κ2) is 2.64. The summed E-state index contributed by atoms with van der Waals surface area (Å²) >= 11 is 0. The third-order valence-corrected chi connectivity index (χ3v) is 2.09. The monoisotopic (exact) mass is 153 g/mol. The van der Waals surface area contributed by atoms with Crippen molar-refractivity contribution in [3.05, 3.63) is 11.9 Å².